The Morgan fingerprint density at radius 3 is 2.50 bits per heavy atom. The third-order valence-electron chi connectivity index (χ3n) is 3.36. The monoisotopic (exact) mass is 227 g/mol. The quantitative estimate of drug-likeness (QED) is 0.782. The number of carbonyl (C=O) groups is 1. The zero-order valence-corrected chi connectivity index (χ0v) is 11.0. The smallest absolute Gasteiger partial charge is 0.152 e. The number of Topliss-reactive ketones (excluding diaryl/α,β-unsaturated/α-hetero) is 1. The predicted molar refractivity (Wildman–Crippen MR) is 65.4 cm³/mol. The van der Waals surface area contributed by atoms with E-state index in [1.807, 2.05) is 27.7 Å². The van der Waals surface area contributed by atoms with Crippen LogP contribution in [0.4, 0.5) is 0 Å². The summed E-state index contributed by atoms with van der Waals surface area (Å²) >= 11 is 0. The highest BCUT2D eigenvalue weighted by molar-refractivity contribution is 5.85. The molecule has 0 aromatic heterocycles. The number of carbonyl (C=O) groups excluding carboxylic acids is 1. The predicted octanol–water partition coefficient (Wildman–Crippen LogP) is 1.84. The van der Waals surface area contributed by atoms with Gasteiger partial charge in [-0.25, -0.2) is 0 Å². The van der Waals surface area contributed by atoms with Crippen LogP contribution in [0.3, 0.4) is 0 Å². The Morgan fingerprint density at radius 1 is 1.31 bits per heavy atom. The molecule has 0 radical (unpaired) electrons. The Kier molecular flexibility index (Phi) is 4.13. The Balaban J connectivity index is 2.48. The van der Waals surface area contributed by atoms with Crippen molar-refractivity contribution in [1.82, 2.24) is 4.90 Å². The maximum Gasteiger partial charge on any atom is 0.152 e. The fourth-order valence-electron chi connectivity index (χ4n) is 1.92. The minimum absolute atomic E-state index is 0.255. The minimum atomic E-state index is -0.542. The van der Waals surface area contributed by atoms with Crippen molar-refractivity contribution in [2.75, 3.05) is 19.6 Å². The molecule has 3 nitrogen and oxygen atoms in total. The molecule has 1 saturated heterocycles. The molecular formula is C13H25NO2. The summed E-state index contributed by atoms with van der Waals surface area (Å²) in [5, 5.41) is 9.95. The van der Waals surface area contributed by atoms with E-state index in [-0.39, 0.29) is 11.2 Å². The molecule has 16 heavy (non-hydrogen) atoms. The molecule has 0 bridgehead atoms. The van der Waals surface area contributed by atoms with E-state index in [4.69, 9.17) is 0 Å². The maximum absolute atomic E-state index is 11.9. The van der Waals surface area contributed by atoms with Crippen molar-refractivity contribution in [1.29, 1.82) is 0 Å². The molecule has 1 N–H and O–H groups in total. The first kappa shape index (κ1) is 13.7. The number of nitrogens with zero attached hydrogens (tertiary/aromatic N) is 1. The van der Waals surface area contributed by atoms with Gasteiger partial charge in [-0.2, -0.15) is 0 Å². The van der Waals surface area contributed by atoms with Crippen LogP contribution in [-0.4, -0.2) is 41.0 Å². The van der Waals surface area contributed by atoms with Crippen LogP contribution in [0.15, 0.2) is 0 Å². The highest BCUT2D eigenvalue weighted by Crippen LogP contribution is 2.22. The van der Waals surface area contributed by atoms with Crippen molar-refractivity contribution in [3.8, 4) is 0 Å². The molecule has 1 fully saturated rings. The van der Waals surface area contributed by atoms with Gasteiger partial charge in [0.05, 0.1) is 12.1 Å². The number of likely N-dealkylation sites (tertiary alicyclic amines) is 1. The van der Waals surface area contributed by atoms with Crippen molar-refractivity contribution in [3.05, 3.63) is 0 Å². The van der Waals surface area contributed by atoms with Gasteiger partial charge in [0, 0.05) is 12.0 Å². The molecule has 0 saturated carbocycles. The second-order valence-corrected chi connectivity index (χ2v) is 6.30. The van der Waals surface area contributed by atoms with Crippen molar-refractivity contribution < 1.29 is 9.90 Å². The van der Waals surface area contributed by atoms with E-state index in [0.717, 1.165) is 32.4 Å². The highest BCUT2D eigenvalue weighted by Gasteiger charge is 2.28. The molecule has 3 heteroatoms. The number of rotatable bonds is 2. The fraction of sp³-hybridized carbons (Fsp3) is 0.923. The summed E-state index contributed by atoms with van der Waals surface area (Å²) in [5.41, 5.74) is -0.797. The van der Waals surface area contributed by atoms with Crippen molar-refractivity contribution >= 4 is 5.78 Å². The van der Waals surface area contributed by atoms with Crippen molar-refractivity contribution in [2.45, 2.75) is 52.6 Å². The van der Waals surface area contributed by atoms with Gasteiger partial charge in [0.25, 0.3) is 0 Å². The first-order valence-corrected chi connectivity index (χ1v) is 6.19. The minimum Gasteiger partial charge on any atom is -0.390 e. The Hall–Kier alpha value is -0.410. The van der Waals surface area contributed by atoms with E-state index >= 15 is 0 Å². The van der Waals surface area contributed by atoms with E-state index in [2.05, 4.69) is 4.90 Å². The molecule has 0 amide bonds. The topological polar surface area (TPSA) is 40.5 Å². The summed E-state index contributed by atoms with van der Waals surface area (Å²) < 4.78 is 0. The van der Waals surface area contributed by atoms with Gasteiger partial charge < -0.3 is 5.11 Å². The second kappa shape index (κ2) is 4.84. The largest absolute Gasteiger partial charge is 0.390 e. The molecule has 1 aliphatic rings. The lowest BCUT2D eigenvalue weighted by Crippen LogP contribution is -2.37. The number of hydrogen-bond acceptors (Lipinski definition) is 3. The molecule has 1 rings (SSSR count). The molecule has 1 unspecified atom stereocenters. The van der Waals surface area contributed by atoms with Crippen LogP contribution in [0.2, 0.25) is 0 Å². The van der Waals surface area contributed by atoms with E-state index in [9.17, 15) is 9.90 Å². The van der Waals surface area contributed by atoms with Crippen LogP contribution in [0, 0.1) is 5.41 Å². The van der Waals surface area contributed by atoms with Gasteiger partial charge in [-0.15, -0.1) is 0 Å². The van der Waals surface area contributed by atoms with Crippen molar-refractivity contribution in [2.24, 2.45) is 5.41 Å². The number of aliphatic hydroxyl groups is 1. The fourth-order valence-corrected chi connectivity index (χ4v) is 1.92. The summed E-state index contributed by atoms with van der Waals surface area (Å²) in [6, 6.07) is 0. The Bertz CT molecular complexity index is 253. The van der Waals surface area contributed by atoms with E-state index in [0.29, 0.717) is 6.54 Å². The lowest BCUT2D eigenvalue weighted by atomic mass is 9.90. The highest BCUT2D eigenvalue weighted by atomic mass is 16.3. The Labute approximate surface area is 98.8 Å². The first-order valence-electron chi connectivity index (χ1n) is 6.19. The SMILES string of the molecule is CC1(O)CCCN(CC(=O)C(C)(C)C)CC1. The zero-order chi connectivity index (χ0) is 12.4. The maximum atomic E-state index is 11.9. The standard InChI is InChI=1S/C13H25NO2/c1-12(2,3)11(15)10-14-8-5-6-13(4,16)7-9-14/h16H,5-10H2,1-4H3. The van der Waals surface area contributed by atoms with Gasteiger partial charge >= 0.3 is 0 Å². The lowest BCUT2D eigenvalue weighted by molar-refractivity contribution is -0.127. The third-order valence-corrected chi connectivity index (χ3v) is 3.36. The summed E-state index contributed by atoms with van der Waals surface area (Å²) in [4.78, 5) is 14.1. The average Bonchev–Trinajstić information content (AvgIpc) is 2.26. The van der Waals surface area contributed by atoms with Gasteiger partial charge in [-0.05, 0) is 32.7 Å². The second-order valence-electron chi connectivity index (χ2n) is 6.30. The van der Waals surface area contributed by atoms with Gasteiger partial charge in [0.2, 0.25) is 0 Å². The lowest BCUT2D eigenvalue weighted by Gasteiger charge is -2.25. The average molecular weight is 227 g/mol. The molecule has 0 aliphatic carbocycles. The van der Waals surface area contributed by atoms with Crippen LogP contribution < -0.4 is 0 Å². The van der Waals surface area contributed by atoms with Crippen LogP contribution >= 0.6 is 0 Å². The summed E-state index contributed by atoms with van der Waals surface area (Å²) in [6.07, 6.45) is 2.59. The van der Waals surface area contributed by atoms with Gasteiger partial charge in [0.1, 0.15) is 0 Å². The molecule has 0 aromatic carbocycles. The molecule has 0 spiro atoms. The molecule has 1 heterocycles. The molecule has 1 aliphatic heterocycles. The van der Waals surface area contributed by atoms with Gasteiger partial charge in [0.15, 0.2) is 5.78 Å². The van der Waals surface area contributed by atoms with E-state index < -0.39 is 5.60 Å². The van der Waals surface area contributed by atoms with Crippen LogP contribution in [0.5, 0.6) is 0 Å². The third kappa shape index (κ3) is 4.22. The first-order chi connectivity index (χ1) is 7.21. The van der Waals surface area contributed by atoms with Crippen LogP contribution in [-0.2, 0) is 4.79 Å². The summed E-state index contributed by atoms with van der Waals surface area (Å²) in [7, 11) is 0. The normalized spacial score (nSPS) is 28.8. The molecule has 94 valence electrons. The number of ketones is 1. The molecule has 0 aromatic rings. The van der Waals surface area contributed by atoms with Crippen LogP contribution in [0.1, 0.15) is 47.0 Å². The molecular weight excluding hydrogens is 202 g/mol. The number of hydrogen-bond donors (Lipinski definition) is 1. The van der Waals surface area contributed by atoms with Crippen molar-refractivity contribution in [3.63, 3.8) is 0 Å². The van der Waals surface area contributed by atoms with Gasteiger partial charge in [-0.1, -0.05) is 20.8 Å². The van der Waals surface area contributed by atoms with E-state index in [1.54, 1.807) is 0 Å². The summed E-state index contributed by atoms with van der Waals surface area (Å²) in [5.74, 6) is 0.286. The van der Waals surface area contributed by atoms with E-state index in [1.165, 1.54) is 0 Å². The molecule has 1 atom stereocenters. The van der Waals surface area contributed by atoms with Gasteiger partial charge in [-0.3, -0.25) is 9.69 Å². The van der Waals surface area contributed by atoms with Crippen LogP contribution in [0.25, 0.3) is 0 Å². The summed E-state index contributed by atoms with van der Waals surface area (Å²) in [6.45, 7) is 10.1. The Morgan fingerprint density at radius 2 is 1.94 bits per heavy atom. The zero-order valence-electron chi connectivity index (χ0n) is 11.0.